The second-order valence-corrected chi connectivity index (χ2v) is 5.77. The number of aliphatic hydroxyl groups excluding tert-OH is 1. The highest BCUT2D eigenvalue weighted by atomic mass is 16.3. The Morgan fingerprint density at radius 1 is 1.53 bits per heavy atom. The van der Waals surface area contributed by atoms with Gasteiger partial charge in [0.05, 0.1) is 0 Å². The van der Waals surface area contributed by atoms with Crippen LogP contribution in [0.1, 0.15) is 38.4 Å². The Balaban J connectivity index is 1.83. The Hall–Kier alpha value is -0.900. The van der Waals surface area contributed by atoms with E-state index in [2.05, 4.69) is 17.0 Å². The number of rotatable bonds is 4. The zero-order chi connectivity index (χ0) is 11.9. The molecular formula is C13H21N3O. The number of aromatic nitrogens is 3. The molecule has 1 heterocycles. The second kappa shape index (κ2) is 4.09. The lowest BCUT2D eigenvalue weighted by Gasteiger charge is -2.35. The summed E-state index contributed by atoms with van der Waals surface area (Å²) < 4.78 is 1.96. The third kappa shape index (κ3) is 1.69. The fraction of sp³-hybridized carbons (Fsp3) is 0.846. The molecule has 3 unspecified atom stereocenters. The summed E-state index contributed by atoms with van der Waals surface area (Å²) in [6.07, 6.45) is 7.71. The van der Waals surface area contributed by atoms with Gasteiger partial charge in [0, 0.05) is 25.0 Å². The van der Waals surface area contributed by atoms with E-state index in [4.69, 9.17) is 0 Å². The molecule has 0 aliphatic heterocycles. The molecule has 3 atom stereocenters. The van der Waals surface area contributed by atoms with Crippen molar-refractivity contribution in [3.63, 3.8) is 0 Å². The van der Waals surface area contributed by atoms with Crippen LogP contribution in [0.5, 0.6) is 0 Å². The second-order valence-electron chi connectivity index (χ2n) is 5.77. The third-order valence-corrected chi connectivity index (χ3v) is 4.92. The molecule has 1 aromatic rings. The standard InChI is InChI=1S/C13H21N3O/c1-2-16-12(14-9-15-16)7-13(8-17)6-10-3-4-11(13)5-10/h9-11,17H,2-8H2,1H3. The van der Waals surface area contributed by atoms with Gasteiger partial charge in [-0.25, -0.2) is 4.98 Å². The van der Waals surface area contributed by atoms with Gasteiger partial charge in [-0.1, -0.05) is 6.42 Å². The van der Waals surface area contributed by atoms with Gasteiger partial charge >= 0.3 is 0 Å². The van der Waals surface area contributed by atoms with E-state index in [0.29, 0.717) is 12.5 Å². The number of hydrogen-bond donors (Lipinski definition) is 1. The summed E-state index contributed by atoms with van der Waals surface area (Å²) in [4.78, 5) is 4.37. The highest BCUT2D eigenvalue weighted by molar-refractivity contribution is 5.05. The van der Waals surface area contributed by atoms with Gasteiger partial charge in [0.1, 0.15) is 12.2 Å². The van der Waals surface area contributed by atoms with Crippen LogP contribution in [-0.4, -0.2) is 26.5 Å². The quantitative estimate of drug-likeness (QED) is 0.863. The molecule has 2 aliphatic carbocycles. The molecule has 0 saturated heterocycles. The van der Waals surface area contributed by atoms with Crippen LogP contribution in [0.2, 0.25) is 0 Å². The van der Waals surface area contributed by atoms with Crippen LogP contribution in [0.4, 0.5) is 0 Å². The summed E-state index contributed by atoms with van der Waals surface area (Å²) in [7, 11) is 0. The largest absolute Gasteiger partial charge is 0.396 e. The van der Waals surface area contributed by atoms with E-state index in [-0.39, 0.29) is 5.41 Å². The predicted octanol–water partition coefficient (Wildman–Crippen LogP) is 1.64. The zero-order valence-corrected chi connectivity index (χ0v) is 10.5. The monoisotopic (exact) mass is 235 g/mol. The lowest BCUT2D eigenvalue weighted by Crippen LogP contribution is -2.35. The van der Waals surface area contributed by atoms with Crippen molar-refractivity contribution in [1.82, 2.24) is 14.8 Å². The van der Waals surface area contributed by atoms with Crippen LogP contribution in [0.15, 0.2) is 6.33 Å². The molecule has 94 valence electrons. The van der Waals surface area contributed by atoms with Crippen molar-refractivity contribution >= 4 is 0 Å². The maximum Gasteiger partial charge on any atom is 0.138 e. The molecule has 0 aromatic carbocycles. The molecule has 2 fully saturated rings. The number of hydrogen-bond acceptors (Lipinski definition) is 3. The highest BCUT2D eigenvalue weighted by Crippen LogP contribution is 2.56. The first kappa shape index (κ1) is 11.2. The van der Waals surface area contributed by atoms with Crippen LogP contribution >= 0.6 is 0 Å². The van der Waals surface area contributed by atoms with Crippen molar-refractivity contribution in [2.24, 2.45) is 17.3 Å². The molecule has 0 spiro atoms. The molecule has 2 aliphatic rings. The van der Waals surface area contributed by atoms with Crippen molar-refractivity contribution < 1.29 is 5.11 Å². The minimum absolute atomic E-state index is 0.100. The first-order valence-electron chi connectivity index (χ1n) is 6.75. The van der Waals surface area contributed by atoms with Crippen molar-refractivity contribution in [3.8, 4) is 0 Å². The average molecular weight is 235 g/mol. The maximum atomic E-state index is 9.84. The molecule has 17 heavy (non-hydrogen) atoms. The van der Waals surface area contributed by atoms with Crippen LogP contribution in [-0.2, 0) is 13.0 Å². The average Bonchev–Trinajstić information content (AvgIpc) is 3.03. The first-order chi connectivity index (χ1) is 8.27. The fourth-order valence-electron chi connectivity index (χ4n) is 4.03. The molecule has 4 heteroatoms. The Morgan fingerprint density at radius 3 is 3.00 bits per heavy atom. The van der Waals surface area contributed by atoms with E-state index in [9.17, 15) is 5.11 Å². The number of aliphatic hydroxyl groups is 1. The van der Waals surface area contributed by atoms with Gasteiger partial charge in [0.2, 0.25) is 0 Å². The lowest BCUT2D eigenvalue weighted by atomic mass is 9.71. The number of fused-ring (bicyclic) bond motifs is 2. The SMILES string of the molecule is CCn1ncnc1CC1(CO)CC2CCC1C2. The minimum Gasteiger partial charge on any atom is -0.396 e. The summed E-state index contributed by atoms with van der Waals surface area (Å²) in [5.74, 6) is 2.61. The van der Waals surface area contributed by atoms with E-state index in [0.717, 1.165) is 24.7 Å². The van der Waals surface area contributed by atoms with Gasteiger partial charge in [-0.2, -0.15) is 5.10 Å². The van der Waals surface area contributed by atoms with Gasteiger partial charge in [-0.05, 0) is 38.0 Å². The normalized spacial score (nSPS) is 35.6. The first-order valence-corrected chi connectivity index (χ1v) is 6.75. The molecule has 1 N–H and O–H groups in total. The van der Waals surface area contributed by atoms with E-state index in [1.807, 2.05) is 4.68 Å². The summed E-state index contributed by atoms with van der Waals surface area (Å²) in [5.41, 5.74) is 0.100. The van der Waals surface area contributed by atoms with Crippen LogP contribution in [0, 0.1) is 17.3 Å². The van der Waals surface area contributed by atoms with Gasteiger partial charge in [-0.15, -0.1) is 0 Å². The van der Waals surface area contributed by atoms with Crippen molar-refractivity contribution in [2.45, 2.75) is 45.6 Å². The van der Waals surface area contributed by atoms with Gasteiger partial charge in [0.15, 0.2) is 0 Å². The Labute approximate surface area is 102 Å². The van der Waals surface area contributed by atoms with Crippen LogP contribution in [0.3, 0.4) is 0 Å². The molecule has 3 rings (SSSR count). The van der Waals surface area contributed by atoms with Gasteiger partial charge < -0.3 is 5.11 Å². The summed E-state index contributed by atoms with van der Waals surface area (Å²) in [5, 5.41) is 14.1. The van der Waals surface area contributed by atoms with Crippen molar-refractivity contribution in [3.05, 3.63) is 12.2 Å². The van der Waals surface area contributed by atoms with Crippen LogP contribution in [0.25, 0.3) is 0 Å². The molecule has 2 saturated carbocycles. The number of aryl methyl sites for hydroxylation is 1. The summed E-state index contributed by atoms with van der Waals surface area (Å²) in [6.45, 7) is 3.26. The molecule has 4 nitrogen and oxygen atoms in total. The highest BCUT2D eigenvalue weighted by Gasteiger charge is 2.50. The molecule has 2 bridgehead atoms. The Bertz CT molecular complexity index is 403. The van der Waals surface area contributed by atoms with Crippen molar-refractivity contribution in [2.75, 3.05) is 6.61 Å². The van der Waals surface area contributed by atoms with E-state index >= 15 is 0 Å². The topological polar surface area (TPSA) is 50.9 Å². The van der Waals surface area contributed by atoms with E-state index in [1.54, 1.807) is 6.33 Å². The lowest BCUT2D eigenvalue weighted by molar-refractivity contribution is 0.0621. The van der Waals surface area contributed by atoms with E-state index in [1.165, 1.54) is 25.7 Å². The predicted molar refractivity (Wildman–Crippen MR) is 64.4 cm³/mol. The minimum atomic E-state index is 0.100. The number of nitrogens with zero attached hydrogens (tertiary/aromatic N) is 3. The maximum absolute atomic E-state index is 9.84. The zero-order valence-electron chi connectivity index (χ0n) is 10.5. The summed E-state index contributed by atoms with van der Waals surface area (Å²) >= 11 is 0. The smallest absolute Gasteiger partial charge is 0.138 e. The Morgan fingerprint density at radius 2 is 2.41 bits per heavy atom. The van der Waals surface area contributed by atoms with Gasteiger partial charge in [0.25, 0.3) is 0 Å². The van der Waals surface area contributed by atoms with Crippen molar-refractivity contribution in [1.29, 1.82) is 0 Å². The van der Waals surface area contributed by atoms with Gasteiger partial charge in [-0.3, -0.25) is 4.68 Å². The van der Waals surface area contributed by atoms with Crippen LogP contribution < -0.4 is 0 Å². The Kier molecular flexibility index (Phi) is 2.69. The molecule has 1 aromatic heterocycles. The third-order valence-electron chi connectivity index (χ3n) is 4.92. The molecule has 0 radical (unpaired) electrons. The van der Waals surface area contributed by atoms with E-state index < -0.39 is 0 Å². The molecule has 0 amide bonds. The molecular weight excluding hydrogens is 214 g/mol. The fourth-order valence-corrected chi connectivity index (χ4v) is 4.03. The summed E-state index contributed by atoms with van der Waals surface area (Å²) in [6, 6.07) is 0.